The summed E-state index contributed by atoms with van der Waals surface area (Å²) in [5, 5.41) is 3.02. The largest absolute Gasteiger partial charge is 0.340 e. The van der Waals surface area contributed by atoms with Crippen LogP contribution >= 0.6 is 0 Å². The summed E-state index contributed by atoms with van der Waals surface area (Å²) in [7, 11) is 0. The highest BCUT2D eigenvalue weighted by Gasteiger charge is 2.25. The maximum absolute atomic E-state index is 13.3. The van der Waals surface area contributed by atoms with E-state index in [4.69, 9.17) is 0 Å². The SMILES string of the molecule is Cc1cccc(NC(=O)N(CCC(=O)N2CCN(Cc3ccccc3)CC2)C(C)c2ccccc2)c1. The maximum Gasteiger partial charge on any atom is 0.322 e. The van der Waals surface area contributed by atoms with Crippen molar-refractivity contribution in [2.75, 3.05) is 38.0 Å². The smallest absolute Gasteiger partial charge is 0.322 e. The molecule has 4 rings (SSSR count). The van der Waals surface area contributed by atoms with Gasteiger partial charge in [-0.3, -0.25) is 9.69 Å². The zero-order valence-electron chi connectivity index (χ0n) is 21.3. The van der Waals surface area contributed by atoms with Crippen molar-refractivity contribution in [1.82, 2.24) is 14.7 Å². The van der Waals surface area contributed by atoms with Crippen LogP contribution in [0.3, 0.4) is 0 Å². The van der Waals surface area contributed by atoms with Gasteiger partial charge in [0.2, 0.25) is 5.91 Å². The van der Waals surface area contributed by atoms with Crippen molar-refractivity contribution >= 4 is 17.6 Å². The Morgan fingerprint density at radius 1 is 0.889 bits per heavy atom. The zero-order valence-corrected chi connectivity index (χ0v) is 21.3. The van der Waals surface area contributed by atoms with Gasteiger partial charge in [0.25, 0.3) is 0 Å². The van der Waals surface area contributed by atoms with Crippen molar-refractivity contribution in [1.29, 1.82) is 0 Å². The lowest BCUT2D eigenvalue weighted by molar-refractivity contribution is -0.133. The number of anilines is 1. The van der Waals surface area contributed by atoms with Gasteiger partial charge in [-0.2, -0.15) is 0 Å². The van der Waals surface area contributed by atoms with Gasteiger partial charge in [0.15, 0.2) is 0 Å². The number of hydrogen-bond donors (Lipinski definition) is 1. The van der Waals surface area contributed by atoms with E-state index < -0.39 is 0 Å². The monoisotopic (exact) mass is 484 g/mol. The van der Waals surface area contributed by atoms with Crippen LogP contribution in [-0.2, 0) is 11.3 Å². The van der Waals surface area contributed by atoms with Crippen LogP contribution in [0.25, 0.3) is 0 Å². The minimum atomic E-state index is -0.197. The maximum atomic E-state index is 13.3. The van der Waals surface area contributed by atoms with Crippen molar-refractivity contribution in [2.24, 2.45) is 0 Å². The first-order chi connectivity index (χ1) is 17.5. The predicted octanol–water partition coefficient (Wildman–Crippen LogP) is 5.32. The van der Waals surface area contributed by atoms with Gasteiger partial charge in [0.05, 0.1) is 6.04 Å². The Hall–Kier alpha value is -3.64. The topological polar surface area (TPSA) is 55.9 Å². The van der Waals surface area contributed by atoms with E-state index in [-0.39, 0.29) is 18.0 Å². The predicted molar refractivity (Wildman–Crippen MR) is 145 cm³/mol. The third-order valence-corrected chi connectivity index (χ3v) is 6.82. The molecule has 0 aromatic heterocycles. The lowest BCUT2D eigenvalue weighted by Gasteiger charge is -2.35. The molecule has 6 heteroatoms. The summed E-state index contributed by atoms with van der Waals surface area (Å²) in [4.78, 5) is 32.5. The van der Waals surface area contributed by atoms with Gasteiger partial charge in [-0.1, -0.05) is 72.8 Å². The highest BCUT2D eigenvalue weighted by molar-refractivity contribution is 5.90. The van der Waals surface area contributed by atoms with Crippen LogP contribution in [-0.4, -0.2) is 59.4 Å². The molecule has 0 bridgehead atoms. The van der Waals surface area contributed by atoms with E-state index >= 15 is 0 Å². The number of aryl methyl sites for hydroxylation is 1. The fourth-order valence-electron chi connectivity index (χ4n) is 4.67. The molecule has 1 aliphatic rings. The summed E-state index contributed by atoms with van der Waals surface area (Å²) >= 11 is 0. The average molecular weight is 485 g/mol. The molecular formula is C30H36N4O2. The first kappa shape index (κ1) is 25.5. The van der Waals surface area contributed by atoms with E-state index in [2.05, 4.69) is 34.5 Å². The number of nitrogens with zero attached hydrogens (tertiary/aromatic N) is 3. The van der Waals surface area contributed by atoms with E-state index in [0.29, 0.717) is 13.0 Å². The first-order valence-electron chi connectivity index (χ1n) is 12.7. The summed E-state index contributed by atoms with van der Waals surface area (Å²) in [6.45, 7) is 8.43. The Balaban J connectivity index is 1.35. The molecule has 3 aromatic carbocycles. The van der Waals surface area contributed by atoms with E-state index in [1.54, 1.807) is 4.90 Å². The summed E-state index contributed by atoms with van der Waals surface area (Å²) in [6, 6.07) is 27.8. The number of hydrogen-bond acceptors (Lipinski definition) is 3. The molecule has 0 radical (unpaired) electrons. The second-order valence-corrected chi connectivity index (χ2v) is 9.47. The molecule has 1 aliphatic heterocycles. The molecule has 36 heavy (non-hydrogen) atoms. The lowest BCUT2D eigenvalue weighted by Crippen LogP contribution is -2.49. The molecule has 1 N–H and O–H groups in total. The Labute approximate surface area is 214 Å². The van der Waals surface area contributed by atoms with Crippen LogP contribution < -0.4 is 5.32 Å². The molecule has 1 atom stereocenters. The molecule has 0 saturated carbocycles. The van der Waals surface area contributed by atoms with Crippen molar-refractivity contribution < 1.29 is 9.59 Å². The number of carbonyl (C=O) groups excluding carboxylic acids is 2. The van der Waals surface area contributed by atoms with Crippen molar-refractivity contribution in [3.05, 3.63) is 102 Å². The second kappa shape index (κ2) is 12.4. The minimum Gasteiger partial charge on any atom is -0.340 e. The standard InChI is InChI=1S/C30H36N4O2/c1-24-10-9-15-28(22-24)31-30(36)34(25(2)27-13-7-4-8-14-27)17-16-29(35)33-20-18-32(19-21-33)23-26-11-5-3-6-12-26/h3-15,22,25H,16-21,23H2,1-2H3,(H,31,36). The highest BCUT2D eigenvalue weighted by Crippen LogP contribution is 2.22. The second-order valence-electron chi connectivity index (χ2n) is 9.47. The highest BCUT2D eigenvalue weighted by atomic mass is 16.2. The van der Waals surface area contributed by atoms with Crippen LogP contribution in [0.4, 0.5) is 10.5 Å². The van der Waals surface area contributed by atoms with Crippen LogP contribution in [0.5, 0.6) is 0 Å². The van der Waals surface area contributed by atoms with E-state index in [1.807, 2.05) is 79.4 Å². The fourth-order valence-corrected chi connectivity index (χ4v) is 4.67. The third-order valence-electron chi connectivity index (χ3n) is 6.82. The quantitative estimate of drug-likeness (QED) is 0.471. The first-order valence-corrected chi connectivity index (χ1v) is 12.7. The fraction of sp³-hybridized carbons (Fsp3) is 0.333. The molecule has 1 saturated heterocycles. The number of urea groups is 1. The molecule has 3 amide bonds. The molecular weight excluding hydrogens is 448 g/mol. The normalized spacial score (nSPS) is 14.8. The molecule has 3 aromatic rings. The zero-order chi connectivity index (χ0) is 25.3. The molecule has 1 fully saturated rings. The number of rotatable bonds is 8. The van der Waals surface area contributed by atoms with Gasteiger partial charge in [0, 0.05) is 51.4 Å². The minimum absolute atomic E-state index is 0.1000. The van der Waals surface area contributed by atoms with Crippen LogP contribution in [0.1, 0.15) is 36.1 Å². The van der Waals surface area contributed by atoms with Gasteiger partial charge in [-0.25, -0.2) is 4.79 Å². The van der Waals surface area contributed by atoms with Gasteiger partial charge < -0.3 is 15.1 Å². The summed E-state index contributed by atoms with van der Waals surface area (Å²) in [5.74, 6) is 0.1000. The van der Waals surface area contributed by atoms with Gasteiger partial charge >= 0.3 is 6.03 Å². The van der Waals surface area contributed by atoms with Gasteiger partial charge in [0.1, 0.15) is 0 Å². The number of nitrogens with one attached hydrogen (secondary N) is 1. The van der Waals surface area contributed by atoms with Gasteiger partial charge in [-0.05, 0) is 42.7 Å². The lowest BCUT2D eigenvalue weighted by atomic mass is 10.1. The molecule has 188 valence electrons. The molecule has 0 spiro atoms. The number of piperazine rings is 1. The summed E-state index contributed by atoms with van der Waals surface area (Å²) < 4.78 is 0. The molecule has 1 heterocycles. The van der Waals surface area contributed by atoms with E-state index in [0.717, 1.165) is 49.5 Å². The Morgan fingerprint density at radius 2 is 1.56 bits per heavy atom. The third kappa shape index (κ3) is 6.95. The van der Waals surface area contributed by atoms with Crippen LogP contribution in [0.2, 0.25) is 0 Å². The van der Waals surface area contributed by atoms with Crippen LogP contribution in [0.15, 0.2) is 84.9 Å². The van der Waals surface area contributed by atoms with Crippen LogP contribution in [0, 0.1) is 6.92 Å². The van der Waals surface area contributed by atoms with Crippen molar-refractivity contribution in [3.8, 4) is 0 Å². The molecule has 6 nitrogen and oxygen atoms in total. The van der Waals surface area contributed by atoms with E-state index in [9.17, 15) is 9.59 Å². The average Bonchev–Trinajstić information content (AvgIpc) is 2.90. The number of carbonyl (C=O) groups is 2. The van der Waals surface area contributed by atoms with Gasteiger partial charge in [-0.15, -0.1) is 0 Å². The van der Waals surface area contributed by atoms with Crippen molar-refractivity contribution in [3.63, 3.8) is 0 Å². The Kier molecular flexibility index (Phi) is 8.74. The number of benzene rings is 3. The Morgan fingerprint density at radius 3 is 2.22 bits per heavy atom. The Bertz CT molecular complexity index is 1130. The summed E-state index contributed by atoms with van der Waals surface area (Å²) in [5.41, 5.74) is 4.17. The van der Waals surface area contributed by atoms with Crippen molar-refractivity contribution in [2.45, 2.75) is 32.9 Å². The van der Waals surface area contributed by atoms with E-state index in [1.165, 1.54) is 5.56 Å². The summed E-state index contributed by atoms with van der Waals surface area (Å²) in [6.07, 6.45) is 0.303. The molecule has 0 aliphatic carbocycles. The molecule has 1 unspecified atom stereocenters. The number of amides is 3.